The topological polar surface area (TPSA) is 237 Å². The van der Waals surface area contributed by atoms with Gasteiger partial charge in [-0.1, -0.05) is 234 Å². The first-order valence-corrected chi connectivity index (χ1v) is 33.7. The van der Waals surface area contributed by atoms with Crippen molar-refractivity contribution in [1.82, 2.24) is 0 Å². The van der Waals surface area contributed by atoms with Gasteiger partial charge >= 0.3 is 39.5 Å². The Bertz CT molecular complexity index is 1520. The van der Waals surface area contributed by atoms with Gasteiger partial charge in [0, 0.05) is 25.7 Å². The lowest BCUT2D eigenvalue weighted by Gasteiger charge is -2.21. The monoisotopic (exact) mass is 1140 g/mol. The average Bonchev–Trinajstić information content (AvgIpc) is 3.40. The van der Waals surface area contributed by atoms with Crippen molar-refractivity contribution in [2.45, 2.75) is 303 Å². The van der Waals surface area contributed by atoms with Crippen molar-refractivity contribution in [2.75, 3.05) is 39.6 Å². The van der Waals surface area contributed by atoms with Crippen LogP contribution in [0.25, 0.3) is 0 Å². The summed E-state index contributed by atoms with van der Waals surface area (Å²) in [4.78, 5) is 71.5. The minimum atomic E-state index is -4.94. The zero-order valence-corrected chi connectivity index (χ0v) is 50.9. The number of hydrogen-bond donors (Lipinski definition) is 3. The summed E-state index contributed by atoms with van der Waals surface area (Å²) in [7, 11) is -9.86. The van der Waals surface area contributed by atoms with Crippen LogP contribution in [0.15, 0.2) is 0 Å². The Morgan fingerprint density at radius 3 is 0.922 bits per heavy atom. The number of rotatable bonds is 58. The van der Waals surface area contributed by atoms with E-state index in [2.05, 4.69) is 34.6 Å². The van der Waals surface area contributed by atoms with Crippen molar-refractivity contribution in [3.63, 3.8) is 0 Å². The highest BCUT2D eigenvalue weighted by molar-refractivity contribution is 7.47. The van der Waals surface area contributed by atoms with Gasteiger partial charge in [-0.05, 0) is 31.6 Å². The van der Waals surface area contributed by atoms with Crippen LogP contribution in [-0.4, -0.2) is 96.7 Å². The van der Waals surface area contributed by atoms with Gasteiger partial charge in [0.05, 0.1) is 26.4 Å². The van der Waals surface area contributed by atoms with Crippen LogP contribution in [0, 0.1) is 5.92 Å². The largest absolute Gasteiger partial charge is 0.472 e. The van der Waals surface area contributed by atoms with E-state index >= 15 is 0 Å². The number of aliphatic hydroxyl groups excluding tert-OH is 1. The van der Waals surface area contributed by atoms with Gasteiger partial charge in [0.15, 0.2) is 12.2 Å². The molecule has 0 aromatic rings. The van der Waals surface area contributed by atoms with Crippen LogP contribution < -0.4 is 0 Å². The Morgan fingerprint density at radius 1 is 0.364 bits per heavy atom. The number of unbranched alkanes of at least 4 members (excludes halogenated alkanes) is 29. The second kappa shape index (κ2) is 52.2. The maximum Gasteiger partial charge on any atom is 0.472 e. The van der Waals surface area contributed by atoms with Crippen molar-refractivity contribution < 1.29 is 80.2 Å². The lowest BCUT2D eigenvalue weighted by molar-refractivity contribution is -0.161. The van der Waals surface area contributed by atoms with Gasteiger partial charge in [-0.25, -0.2) is 9.13 Å². The highest BCUT2D eigenvalue weighted by Crippen LogP contribution is 2.45. The third kappa shape index (κ3) is 51.9. The molecule has 0 fully saturated rings. The average molecular weight is 1140 g/mol. The molecule has 0 saturated carbocycles. The molecule has 0 aliphatic rings. The van der Waals surface area contributed by atoms with Crippen molar-refractivity contribution >= 4 is 39.5 Å². The van der Waals surface area contributed by atoms with E-state index in [1.54, 1.807) is 0 Å². The lowest BCUT2D eigenvalue weighted by Crippen LogP contribution is -2.30. The molecule has 3 N–H and O–H groups in total. The highest BCUT2D eigenvalue weighted by atomic mass is 31.2. The fraction of sp³-hybridized carbons (Fsp3) is 0.931. The molecule has 0 aromatic carbocycles. The highest BCUT2D eigenvalue weighted by Gasteiger charge is 2.30. The number of phosphoric acid groups is 2. The van der Waals surface area contributed by atoms with Crippen molar-refractivity contribution in [1.29, 1.82) is 0 Å². The maximum atomic E-state index is 12.9. The molecule has 0 aliphatic heterocycles. The van der Waals surface area contributed by atoms with E-state index in [1.807, 2.05) is 0 Å². The number of phosphoric ester groups is 2. The number of ether oxygens (including phenoxy) is 4. The quantitative estimate of drug-likeness (QED) is 0.0222. The Balaban J connectivity index is 5.15. The van der Waals surface area contributed by atoms with E-state index in [9.17, 15) is 43.2 Å². The molecule has 0 spiro atoms. The number of carbonyl (C=O) groups is 4. The second-order valence-corrected chi connectivity index (χ2v) is 24.2. The van der Waals surface area contributed by atoms with Crippen LogP contribution in [-0.2, 0) is 65.4 Å². The molecule has 456 valence electrons. The Labute approximate surface area is 467 Å². The molecule has 0 amide bonds. The normalized spacial score (nSPS) is 14.8. The number of aliphatic hydroxyl groups is 1. The Morgan fingerprint density at radius 2 is 0.623 bits per heavy atom. The van der Waals surface area contributed by atoms with Crippen molar-refractivity contribution in [3.05, 3.63) is 0 Å². The first-order chi connectivity index (χ1) is 37.1. The Kier molecular flexibility index (Phi) is 50.8. The van der Waals surface area contributed by atoms with Crippen LogP contribution in [0.2, 0.25) is 0 Å². The predicted octanol–water partition coefficient (Wildman–Crippen LogP) is 15.5. The fourth-order valence-electron chi connectivity index (χ4n) is 8.49. The van der Waals surface area contributed by atoms with Gasteiger partial charge in [0.25, 0.3) is 0 Å². The summed E-state index contributed by atoms with van der Waals surface area (Å²) in [5.41, 5.74) is 0. The van der Waals surface area contributed by atoms with Gasteiger partial charge < -0.3 is 33.8 Å². The molecule has 17 nitrogen and oxygen atoms in total. The van der Waals surface area contributed by atoms with E-state index in [0.29, 0.717) is 25.7 Å². The van der Waals surface area contributed by atoms with Gasteiger partial charge in [0.1, 0.15) is 19.3 Å². The standard InChI is InChI=1S/C58H112O17P2/c1-6-10-13-16-18-19-20-21-22-23-24-25-27-34-39-44-58(63)75-54(48-69-56(61)42-37-32-29-28-31-35-40-51(5)9-4)50-73-77(66,67)71-46-52(59)45-70-76(64,65)72-49-53(47-68-55(60)41-36-30-15-12-8-3)74-57(62)43-38-33-26-17-14-11-7-2/h51-54,59H,6-50H2,1-5H3,(H,64,65)(H,66,67)/t51?,52-,53+,54+/m0/s1. The van der Waals surface area contributed by atoms with E-state index in [4.69, 9.17) is 37.0 Å². The minimum absolute atomic E-state index is 0.103. The summed E-state index contributed by atoms with van der Waals surface area (Å²) in [6.07, 6.45) is 34.0. The maximum absolute atomic E-state index is 12.9. The van der Waals surface area contributed by atoms with Crippen molar-refractivity contribution in [3.8, 4) is 0 Å². The summed E-state index contributed by atoms with van der Waals surface area (Å²) in [6.45, 7) is 6.98. The molecule has 6 atom stereocenters. The molecule has 3 unspecified atom stereocenters. The molecule has 77 heavy (non-hydrogen) atoms. The predicted molar refractivity (Wildman–Crippen MR) is 303 cm³/mol. The molecule has 0 radical (unpaired) electrons. The number of esters is 4. The van der Waals surface area contributed by atoms with Gasteiger partial charge in [-0.15, -0.1) is 0 Å². The van der Waals surface area contributed by atoms with Crippen LogP contribution in [0.5, 0.6) is 0 Å². The fourth-order valence-corrected chi connectivity index (χ4v) is 10.1. The van der Waals surface area contributed by atoms with Crippen LogP contribution in [0.4, 0.5) is 0 Å². The third-order valence-electron chi connectivity index (χ3n) is 13.6. The number of carbonyl (C=O) groups excluding carboxylic acids is 4. The molecule has 0 aromatic heterocycles. The summed E-state index contributed by atoms with van der Waals surface area (Å²) < 4.78 is 67.4. The van der Waals surface area contributed by atoms with E-state index in [-0.39, 0.29) is 25.7 Å². The summed E-state index contributed by atoms with van der Waals surface area (Å²) in [5.74, 6) is -1.43. The molecule has 0 saturated heterocycles. The summed E-state index contributed by atoms with van der Waals surface area (Å²) in [6, 6.07) is 0. The molecule has 0 aliphatic carbocycles. The van der Waals surface area contributed by atoms with Gasteiger partial charge in [0.2, 0.25) is 0 Å². The van der Waals surface area contributed by atoms with Gasteiger partial charge in [-0.2, -0.15) is 0 Å². The SMILES string of the molecule is CCCCCCCCCCCCCCCCCC(=O)O[C@H](COC(=O)CCCCCCCCC(C)CC)COP(=O)(O)OC[C@@H](O)COP(=O)(O)OC[C@@H](COC(=O)CCCCCCC)OC(=O)CCCCCCCCC. The smallest absolute Gasteiger partial charge is 0.462 e. The molecule has 19 heteroatoms. The summed E-state index contributed by atoms with van der Waals surface area (Å²) >= 11 is 0. The third-order valence-corrected chi connectivity index (χ3v) is 15.5. The van der Waals surface area contributed by atoms with Crippen LogP contribution >= 0.6 is 15.6 Å². The molecular weight excluding hydrogens is 1030 g/mol. The Hall–Kier alpha value is -1.94. The zero-order chi connectivity index (χ0) is 57.1. The number of hydrogen-bond acceptors (Lipinski definition) is 15. The first kappa shape index (κ1) is 75.1. The molecular formula is C58H112O17P2. The zero-order valence-electron chi connectivity index (χ0n) is 49.1. The molecule has 0 heterocycles. The minimum Gasteiger partial charge on any atom is -0.462 e. The molecule has 0 rings (SSSR count). The van der Waals surface area contributed by atoms with Crippen molar-refractivity contribution in [2.24, 2.45) is 5.92 Å². The van der Waals surface area contributed by atoms with Crippen LogP contribution in [0.1, 0.15) is 285 Å². The van der Waals surface area contributed by atoms with E-state index < -0.39 is 97.5 Å². The van der Waals surface area contributed by atoms with E-state index in [0.717, 1.165) is 121 Å². The van der Waals surface area contributed by atoms with Gasteiger partial charge in [-0.3, -0.25) is 37.3 Å². The van der Waals surface area contributed by atoms with Crippen LogP contribution in [0.3, 0.4) is 0 Å². The van der Waals surface area contributed by atoms with E-state index in [1.165, 1.54) is 83.5 Å². The lowest BCUT2D eigenvalue weighted by atomic mass is 10.00. The summed E-state index contributed by atoms with van der Waals surface area (Å²) in [5, 5.41) is 10.5. The molecule has 0 bridgehead atoms. The first-order valence-electron chi connectivity index (χ1n) is 30.7. The second-order valence-electron chi connectivity index (χ2n) is 21.3.